The molecule has 0 bridgehead atoms. The molecule has 0 radical (unpaired) electrons. The summed E-state index contributed by atoms with van der Waals surface area (Å²) in [5.41, 5.74) is 5.91. The molecular weight excluding hydrogens is 340 g/mol. The highest BCUT2D eigenvalue weighted by atomic mass is 35.5. The summed E-state index contributed by atoms with van der Waals surface area (Å²) in [4.78, 5) is 11.8. The topological polar surface area (TPSA) is 41.5 Å². The van der Waals surface area contributed by atoms with Crippen LogP contribution >= 0.6 is 23.4 Å². The van der Waals surface area contributed by atoms with Crippen LogP contribution in [0.5, 0.6) is 0 Å². The van der Waals surface area contributed by atoms with Gasteiger partial charge in [0.15, 0.2) is 0 Å². The zero-order valence-corrected chi connectivity index (χ0v) is 15.4. The number of carbonyl (C=O) groups is 1. The van der Waals surface area contributed by atoms with Crippen LogP contribution in [0.3, 0.4) is 0 Å². The van der Waals surface area contributed by atoms with Crippen molar-refractivity contribution >= 4 is 35.5 Å². The van der Waals surface area contributed by atoms with Crippen LogP contribution in [0.15, 0.2) is 53.6 Å². The van der Waals surface area contributed by atoms with E-state index in [-0.39, 0.29) is 5.91 Å². The Hall–Kier alpha value is -1.78. The van der Waals surface area contributed by atoms with Crippen molar-refractivity contribution in [3.63, 3.8) is 0 Å². The summed E-state index contributed by atoms with van der Waals surface area (Å²) in [6, 6.07) is 15.8. The summed E-state index contributed by atoms with van der Waals surface area (Å²) >= 11 is 7.46. The number of hydrazone groups is 1. The van der Waals surface area contributed by atoms with Crippen molar-refractivity contribution in [1.29, 1.82) is 0 Å². The van der Waals surface area contributed by atoms with Crippen molar-refractivity contribution in [3.05, 3.63) is 70.2 Å². The van der Waals surface area contributed by atoms with E-state index >= 15 is 0 Å². The molecule has 0 aliphatic rings. The van der Waals surface area contributed by atoms with Crippen molar-refractivity contribution in [1.82, 2.24) is 5.43 Å². The molecule has 0 fully saturated rings. The summed E-state index contributed by atoms with van der Waals surface area (Å²) in [5.74, 6) is 1.49. The number of nitrogens with zero attached hydrogens (tertiary/aromatic N) is 1. The Bertz CT molecular complexity index is 699. The minimum absolute atomic E-state index is 0.114. The molecule has 0 spiro atoms. The van der Waals surface area contributed by atoms with Crippen molar-refractivity contribution < 1.29 is 4.79 Å². The molecule has 0 heterocycles. The second kappa shape index (κ2) is 9.50. The quantitative estimate of drug-likeness (QED) is 0.566. The van der Waals surface area contributed by atoms with E-state index in [0.29, 0.717) is 16.7 Å². The van der Waals surface area contributed by atoms with Gasteiger partial charge in [-0.3, -0.25) is 4.79 Å². The normalized spacial score (nSPS) is 11.2. The Labute approximate surface area is 152 Å². The van der Waals surface area contributed by atoms with E-state index in [4.69, 9.17) is 11.6 Å². The van der Waals surface area contributed by atoms with Gasteiger partial charge < -0.3 is 0 Å². The maximum Gasteiger partial charge on any atom is 0.250 e. The smallest absolute Gasteiger partial charge is 0.250 e. The lowest BCUT2D eigenvalue weighted by Gasteiger charge is -2.04. The number of amides is 1. The molecule has 2 aromatic carbocycles. The highest BCUT2D eigenvalue weighted by Crippen LogP contribution is 2.16. The van der Waals surface area contributed by atoms with Gasteiger partial charge in [-0.1, -0.05) is 61.8 Å². The Kier molecular flexibility index (Phi) is 7.35. The van der Waals surface area contributed by atoms with Gasteiger partial charge in [0.25, 0.3) is 0 Å². The number of hydrogen-bond acceptors (Lipinski definition) is 3. The molecule has 126 valence electrons. The van der Waals surface area contributed by atoms with E-state index < -0.39 is 0 Å². The number of rotatable bonds is 7. The maximum atomic E-state index is 11.8. The van der Waals surface area contributed by atoms with Gasteiger partial charge >= 0.3 is 0 Å². The third-order valence-electron chi connectivity index (χ3n) is 3.40. The lowest BCUT2D eigenvalue weighted by atomic mass is 10.0. The van der Waals surface area contributed by atoms with Crippen molar-refractivity contribution in [3.8, 4) is 0 Å². The number of carbonyl (C=O) groups excluding carboxylic acids is 1. The van der Waals surface area contributed by atoms with Crippen molar-refractivity contribution in [2.24, 2.45) is 5.10 Å². The molecule has 3 nitrogen and oxygen atoms in total. The Morgan fingerprint density at radius 3 is 2.67 bits per heavy atom. The highest BCUT2D eigenvalue weighted by Gasteiger charge is 2.01. The molecule has 0 aliphatic heterocycles. The van der Waals surface area contributed by atoms with Gasteiger partial charge in [-0.15, -0.1) is 11.8 Å². The molecule has 0 aliphatic carbocycles. The fraction of sp³-hybridized carbons (Fsp3) is 0.263. The summed E-state index contributed by atoms with van der Waals surface area (Å²) < 4.78 is 0. The molecule has 0 saturated heterocycles. The average Bonchev–Trinajstić information content (AvgIpc) is 2.55. The zero-order valence-electron chi connectivity index (χ0n) is 13.8. The average molecular weight is 361 g/mol. The SMILES string of the molecule is CC(C)c1ccc(C=NNC(=O)CSCc2cccc(Cl)c2)cc1. The monoisotopic (exact) mass is 360 g/mol. The number of hydrogen-bond donors (Lipinski definition) is 1. The fourth-order valence-corrected chi connectivity index (χ4v) is 3.05. The Morgan fingerprint density at radius 1 is 1.25 bits per heavy atom. The summed E-state index contributed by atoms with van der Waals surface area (Å²) in [7, 11) is 0. The van der Waals surface area contributed by atoms with E-state index in [2.05, 4.69) is 36.5 Å². The van der Waals surface area contributed by atoms with Crippen LogP contribution in [0.4, 0.5) is 0 Å². The van der Waals surface area contributed by atoms with Gasteiger partial charge in [-0.2, -0.15) is 5.10 Å². The van der Waals surface area contributed by atoms with Gasteiger partial charge in [0.05, 0.1) is 12.0 Å². The molecule has 24 heavy (non-hydrogen) atoms. The first kappa shape index (κ1) is 18.6. The molecular formula is C19H21ClN2OS. The van der Waals surface area contributed by atoms with E-state index in [9.17, 15) is 4.79 Å². The molecule has 0 unspecified atom stereocenters. The molecule has 0 aromatic heterocycles. The van der Waals surface area contributed by atoms with Crippen LogP contribution in [0.2, 0.25) is 5.02 Å². The van der Waals surface area contributed by atoms with Gasteiger partial charge in [-0.05, 0) is 34.7 Å². The Balaban J connectivity index is 1.72. The van der Waals surface area contributed by atoms with Gasteiger partial charge in [0.2, 0.25) is 5.91 Å². The van der Waals surface area contributed by atoms with Gasteiger partial charge in [0.1, 0.15) is 0 Å². The van der Waals surface area contributed by atoms with Crippen molar-refractivity contribution in [2.45, 2.75) is 25.5 Å². The number of nitrogens with one attached hydrogen (secondary N) is 1. The predicted octanol–water partition coefficient (Wildman–Crippen LogP) is 4.85. The molecule has 0 saturated carbocycles. The molecule has 0 atom stereocenters. The first-order valence-corrected chi connectivity index (χ1v) is 9.32. The minimum Gasteiger partial charge on any atom is -0.272 e. The van der Waals surface area contributed by atoms with E-state index in [1.54, 1.807) is 6.21 Å². The van der Waals surface area contributed by atoms with Gasteiger partial charge in [-0.25, -0.2) is 5.43 Å². The number of benzene rings is 2. The second-order valence-corrected chi connectivity index (χ2v) is 7.16. The molecule has 1 amide bonds. The summed E-state index contributed by atoms with van der Waals surface area (Å²) in [5, 5.41) is 4.71. The molecule has 2 rings (SSSR count). The second-order valence-electron chi connectivity index (χ2n) is 5.74. The lowest BCUT2D eigenvalue weighted by molar-refractivity contribution is -0.118. The first-order valence-electron chi connectivity index (χ1n) is 7.78. The Morgan fingerprint density at radius 2 is 2.00 bits per heavy atom. The predicted molar refractivity (Wildman–Crippen MR) is 104 cm³/mol. The van der Waals surface area contributed by atoms with Crippen LogP contribution in [0, 0.1) is 0 Å². The third kappa shape index (κ3) is 6.38. The number of thioether (sulfide) groups is 1. The van der Waals surface area contributed by atoms with Crippen LogP contribution in [0.1, 0.15) is 36.5 Å². The highest BCUT2D eigenvalue weighted by molar-refractivity contribution is 7.99. The zero-order chi connectivity index (χ0) is 17.4. The maximum absolute atomic E-state index is 11.8. The minimum atomic E-state index is -0.114. The first-order chi connectivity index (χ1) is 11.5. The van der Waals surface area contributed by atoms with Crippen LogP contribution in [0.25, 0.3) is 0 Å². The largest absolute Gasteiger partial charge is 0.272 e. The standard InChI is InChI=1S/C19H21ClN2OS/c1-14(2)17-8-6-15(7-9-17)11-21-22-19(23)13-24-12-16-4-3-5-18(20)10-16/h3-11,14H,12-13H2,1-2H3,(H,22,23). The number of halogens is 1. The van der Waals surface area contributed by atoms with E-state index in [1.165, 1.54) is 17.3 Å². The summed E-state index contributed by atoms with van der Waals surface area (Å²) in [6.07, 6.45) is 1.66. The van der Waals surface area contributed by atoms with E-state index in [1.807, 2.05) is 36.4 Å². The molecule has 1 N–H and O–H groups in total. The van der Waals surface area contributed by atoms with Crippen LogP contribution in [-0.4, -0.2) is 17.9 Å². The fourth-order valence-electron chi connectivity index (χ4n) is 2.07. The molecule has 2 aromatic rings. The van der Waals surface area contributed by atoms with E-state index in [0.717, 1.165) is 16.9 Å². The third-order valence-corrected chi connectivity index (χ3v) is 4.64. The lowest BCUT2D eigenvalue weighted by Crippen LogP contribution is -2.19. The van der Waals surface area contributed by atoms with Gasteiger partial charge in [0, 0.05) is 10.8 Å². The van der Waals surface area contributed by atoms with Crippen LogP contribution in [-0.2, 0) is 10.5 Å². The molecule has 5 heteroatoms. The van der Waals surface area contributed by atoms with Crippen molar-refractivity contribution in [2.75, 3.05) is 5.75 Å². The summed E-state index contributed by atoms with van der Waals surface area (Å²) in [6.45, 7) is 4.31. The van der Waals surface area contributed by atoms with Crippen LogP contribution < -0.4 is 5.43 Å².